The summed E-state index contributed by atoms with van der Waals surface area (Å²) >= 11 is 8.19. The van der Waals surface area contributed by atoms with Crippen LogP contribution in [0.3, 0.4) is 0 Å². The van der Waals surface area contributed by atoms with Crippen LogP contribution < -0.4 is 5.32 Å². The summed E-state index contributed by atoms with van der Waals surface area (Å²) in [4.78, 5) is 0. The second kappa shape index (κ2) is 7.94. The summed E-state index contributed by atoms with van der Waals surface area (Å²) in [6.45, 7) is 0.572. The fraction of sp³-hybridized carbons (Fsp3) is 0.231. The Morgan fingerprint density at radius 2 is 2.15 bits per heavy atom. The Morgan fingerprint density at radius 3 is 2.90 bits per heavy atom. The minimum absolute atomic E-state index is 0.503. The first-order chi connectivity index (χ1) is 9.79. The first-order valence-electron chi connectivity index (χ1n) is 5.95. The molecular formula is C13H12N4S3. The van der Waals surface area contributed by atoms with Gasteiger partial charge in [-0.1, -0.05) is 65.6 Å². The Morgan fingerprint density at radius 1 is 1.35 bits per heavy atom. The molecule has 1 aromatic carbocycles. The Hall–Kier alpha value is -1.49. The highest BCUT2D eigenvalue weighted by Gasteiger charge is 2.06. The third-order valence-corrected chi connectivity index (χ3v) is 4.60. The smallest absolute Gasteiger partial charge is 0.147 e. The molecule has 1 aromatic heterocycles. The molecule has 0 saturated heterocycles. The van der Waals surface area contributed by atoms with Crippen LogP contribution in [0.15, 0.2) is 30.3 Å². The van der Waals surface area contributed by atoms with Gasteiger partial charge in [0.25, 0.3) is 0 Å². The maximum Gasteiger partial charge on any atom is 0.147 e. The van der Waals surface area contributed by atoms with Crippen molar-refractivity contribution in [1.82, 2.24) is 15.5 Å². The van der Waals surface area contributed by atoms with E-state index >= 15 is 0 Å². The van der Waals surface area contributed by atoms with Gasteiger partial charge in [0, 0.05) is 17.7 Å². The third kappa shape index (κ3) is 4.56. The molecular weight excluding hydrogens is 308 g/mol. The number of hydrogen-bond donors (Lipinski definition) is 1. The van der Waals surface area contributed by atoms with Crippen LogP contribution >= 0.6 is 35.3 Å². The van der Waals surface area contributed by atoms with Crippen LogP contribution in [0.1, 0.15) is 11.4 Å². The number of rotatable bonds is 5. The van der Waals surface area contributed by atoms with Gasteiger partial charge in [0.15, 0.2) is 0 Å². The van der Waals surface area contributed by atoms with Crippen LogP contribution in [-0.4, -0.2) is 20.3 Å². The van der Waals surface area contributed by atoms with Gasteiger partial charge in [-0.2, -0.15) is 5.26 Å². The number of nitriles is 1. The van der Waals surface area contributed by atoms with Gasteiger partial charge < -0.3 is 5.32 Å². The number of thioether (sulfide) groups is 1. The molecule has 0 aliphatic rings. The minimum atomic E-state index is 0.503. The fourth-order valence-electron chi connectivity index (χ4n) is 1.41. The minimum Gasteiger partial charge on any atom is -0.364 e. The lowest BCUT2D eigenvalue weighted by atomic mass is 10.2. The fourth-order valence-corrected chi connectivity index (χ4v) is 3.07. The first-order valence-corrected chi connectivity index (χ1v) is 8.16. The molecule has 2 aromatic rings. The van der Waals surface area contributed by atoms with Gasteiger partial charge in [-0.15, -0.1) is 10.2 Å². The van der Waals surface area contributed by atoms with Crippen molar-refractivity contribution in [2.24, 2.45) is 0 Å². The maximum atomic E-state index is 8.45. The van der Waals surface area contributed by atoms with E-state index in [9.17, 15) is 0 Å². The molecule has 0 aliphatic carbocycles. The number of aromatic nitrogens is 2. The van der Waals surface area contributed by atoms with E-state index in [2.05, 4.69) is 21.6 Å². The largest absolute Gasteiger partial charge is 0.364 e. The molecule has 0 fully saturated rings. The molecule has 1 N–H and O–H groups in total. The highest BCUT2D eigenvalue weighted by molar-refractivity contribution is 8.22. The lowest BCUT2D eigenvalue weighted by Gasteiger charge is -2.03. The Kier molecular flexibility index (Phi) is 5.92. The molecule has 4 nitrogen and oxygen atoms in total. The molecule has 2 rings (SSSR count). The van der Waals surface area contributed by atoms with Gasteiger partial charge in [0.1, 0.15) is 14.3 Å². The predicted molar refractivity (Wildman–Crippen MR) is 87.5 cm³/mol. The predicted octanol–water partition coefficient (Wildman–Crippen LogP) is 3.23. The molecule has 0 radical (unpaired) electrons. The molecule has 0 aliphatic heterocycles. The topological polar surface area (TPSA) is 61.6 Å². The summed E-state index contributed by atoms with van der Waals surface area (Å²) in [6, 6.07) is 12.1. The first kappa shape index (κ1) is 14.9. The average Bonchev–Trinajstić information content (AvgIpc) is 2.95. The van der Waals surface area contributed by atoms with Crippen LogP contribution in [0, 0.1) is 11.3 Å². The van der Waals surface area contributed by atoms with E-state index in [0.29, 0.717) is 23.0 Å². The molecule has 0 unspecified atom stereocenters. The highest BCUT2D eigenvalue weighted by atomic mass is 32.2. The monoisotopic (exact) mass is 320 g/mol. The number of hydrogen-bond acceptors (Lipinski definition) is 6. The van der Waals surface area contributed by atoms with E-state index in [4.69, 9.17) is 17.5 Å². The summed E-state index contributed by atoms with van der Waals surface area (Å²) in [7, 11) is 0. The standard InChI is InChI=1S/C13H12N4S3/c14-7-4-8-19-13(18)15-9-11-16-17-12(20-11)10-5-2-1-3-6-10/h1-3,5-6H,4,8-9H2,(H,15,18). The lowest BCUT2D eigenvalue weighted by Crippen LogP contribution is -2.17. The zero-order valence-corrected chi connectivity index (χ0v) is 13.0. The van der Waals surface area contributed by atoms with Crippen molar-refractivity contribution < 1.29 is 0 Å². The summed E-state index contributed by atoms with van der Waals surface area (Å²) in [5.74, 6) is 0.716. The van der Waals surface area contributed by atoms with Crippen molar-refractivity contribution in [3.8, 4) is 16.6 Å². The molecule has 0 atom stereocenters. The van der Waals surface area contributed by atoms with E-state index in [0.717, 1.165) is 15.6 Å². The van der Waals surface area contributed by atoms with Crippen molar-refractivity contribution in [2.75, 3.05) is 5.75 Å². The number of thiocarbonyl (C=S) groups is 1. The van der Waals surface area contributed by atoms with Crippen LogP contribution in [0.25, 0.3) is 10.6 Å². The van der Waals surface area contributed by atoms with Gasteiger partial charge in [-0.05, 0) is 0 Å². The summed E-state index contributed by atoms with van der Waals surface area (Å²) < 4.78 is 0.691. The van der Waals surface area contributed by atoms with E-state index in [1.807, 2.05) is 30.3 Å². The number of benzene rings is 1. The van der Waals surface area contributed by atoms with Crippen molar-refractivity contribution in [3.05, 3.63) is 35.3 Å². The van der Waals surface area contributed by atoms with Crippen LogP contribution in [0.2, 0.25) is 0 Å². The maximum absolute atomic E-state index is 8.45. The third-order valence-electron chi connectivity index (χ3n) is 2.32. The summed E-state index contributed by atoms with van der Waals surface area (Å²) in [6.07, 6.45) is 0.503. The van der Waals surface area contributed by atoms with E-state index in [1.54, 1.807) is 11.3 Å². The zero-order valence-electron chi connectivity index (χ0n) is 10.6. The van der Waals surface area contributed by atoms with Gasteiger partial charge in [0.2, 0.25) is 0 Å². The Labute approximate surface area is 131 Å². The number of nitrogens with one attached hydrogen (secondary N) is 1. The molecule has 0 spiro atoms. The van der Waals surface area contributed by atoms with Gasteiger partial charge >= 0.3 is 0 Å². The molecule has 102 valence electrons. The van der Waals surface area contributed by atoms with Crippen molar-refractivity contribution in [3.63, 3.8) is 0 Å². The molecule has 0 bridgehead atoms. The molecule has 1 heterocycles. The van der Waals surface area contributed by atoms with Crippen LogP contribution in [0.5, 0.6) is 0 Å². The summed E-state index contributed by atoms with van der Waals surface area (Å²) in [5.41, 5.74) is 1.07. The highest BCUT2D eigenvalue weighted by Crippen LogP contribution is 2.22. The summed E-state index contributed by atoms with van der Waals surface area (Å²) in [5, 5.41) is 21.7. The Balaban J connectivity index is 1.85. The van der Waals surface area contributed by atoms with E-state index in [-0.39, 0.29) is 0 Å². The van der Waals surface area contributed by atoms with Crippen LogP contribution in [0.4, 0.5) is 0 Å². The average molecular weight is 320 g/mol. The Bertz CT molecular complexity index is 604. The van der Waals surface area contributed by atoms with Gasteiger partial charge in [-0.3, -0.25) is 0 Å². The van der Waals surface area contributed by atoms with Crippen molar-refractivity contribution in [2.45, 2.75) is 13.0 Å². The zero-order chi connectivity index (χ0) is 14.2. The molecule has 20 heavy (non-hydrogen) atoms. The quantitative estimate of drug-likeness (QED) is 0.674. The van der Waals surface area contributed by atoms with E-state index < -0.39 is 0 Å². The molecule has 0 saturated carbocycles. The van der Waals surface area contributed by atoms with E-state index in [1.165, 1.54) is 11.8 Å². The second-order valence-electron chi connectivity index (χ2n) is 3.76. The number of nitrogens with zero attached hydrogens (tertiary/aromatic N) is 3. The second-order valence-corrected chi connectivity index (χ2v) is 6.60. The molecule has 0 amide bonds. The lowest BCUT2D eigenvalue weighted by molar-refractivity contribution is 0.887. The van der Waals surface area contributed by atoms with Crippen molar-refractivity contribution >= 4 is 39.6 Å². The van der Waals surface area contributed by atoms with Crippen molar-refractivity contribution in [1.29, 1.82) is 5.26 Å². The SMILES string of the molecule is N#CCCSC(=S)NCc1nnc(-c2ccccc2)s1. The van der Waals surface area contributed by atoms with Gasteiger partial charge in [-0.25, -0.2) is 0 Å². The van der Waals surface area contributed by atoms with Crippen LogP contribution in [-0.2, 0) is 6.54 Å². The molecule has 7 heteroatoms. The van der Waals surface area contributed by atoms with Gasteiger partial charge in [0.05, 0.1) is 12.6 Å². The normalized spacial score (nSPS) is 9.95.